The molecule has 1 aliphatic carbocycles. The molecule has 2 aromatic carbocycles. The van der Waals surface area contributed by atoms with Crippen molar-refractivity contribution >= 4 is 21.8 Å². The zero-order valence-electron chi connectivity index (χ0n) is 11.7. The molecule has 2 aromatic rings. The molecule has 3 nitrogen and oxygen atoms in total. The van der Waals surface area contributed by atoms with Crippen molar-refractivity contribution in [1.82, 2.24) is 5.32 Å². The van der Waals surface area contributed by atoms with Crippen LogP contribution in [0.3, 0.4) is 0 Å². The van der Waals surface area contributed by atoms with Gasteiger partial charge in [-0.05, 0) is 51.7 Å². The van der Waals surface area contributed by atoms with E-state index in [1.165, 1.54) is 11.1 Å². The summed E-state index contributed by atoms with van der Waals surface area (Å²) in [6.07, 6.45) is 1.04. The molecule has 0 aromatic heterocycles. The summed E-state index contributed by atoms with van der Waals surface area (Å²) in [5, 5.41) is 3.01. The molecule has 1 aliphatic rings. The second-order valence-electron chi connectivity index (χ2n) is 5.16. The Morgan fingerprint density at radius 1 is 1.33 bits per heavy atom. The summed E-state index contributed by atoms with van der Waals surface area (Å²) in [5.41, 5.74) is 3.38. The maximum Gasteiger partial charge on any atom is 0.251 e. The molecule has 1 atom stereocenters. The highest BCUT2D eigenvalue weighted by molar-refractivity contribution is 9.10. The van der Waals surface area contributed by atoms with Gasteiger partial charge in [-0.2, -0.15) is 0 Å². The van der Waals surface area contributed by atoms with Crippen molar-refractivity contribution in [2.24, 2.45) is 0 Å². The highest BCUT2D eigenvalue weighted by Gasteiger charge is 2.25. The van der Waals surface area contributed by atoms with E-state index in [1.54, 1.807) is 25.3 Å². The molecule has 1 amide bonds. The van der Waals surface area contributed by atoms with Crippen LogP contribution < -0.4 is 10.1 Å². The van der Waals surface area contributed by atoms with Crippen LogP contribution in [0.25, 0.3) is 0 Å². The molecule has 0 saturated heterocycles. The lowest BCUT2D eigenvalue weighted by atomic mass is 9.77. The van der Waals surface area contributed by atoms with Crippen LogP contribution in [-0.2, 0) is 6.42 Å². The van der Waals surface area contributed by atoms with E-state index in [2.05, 4.69) is 39.4 Å². The fourth-order valence-electron chi connectivity index (χ4n) is 2.67. The van der Waals surface area contributed by atoms with Crippen LogP contribution in [0.15, 0.2) is 46.9 Å². The van der Waals surface area contributed by atoms with Crippen LogP contribution in [0.1, 0.15) is 27.4 Å². The predicted octanol–water partition coefficient (Wildman–Crippen LogP) is 3.53. The molecule has 1 N–H and O–H groups in total. The van der Waals surface area contributed by atoms with Gasteiger partial charge in [-0.25, -0.2) is 0 Å². The fraction of sp³-hybridized carbons (Fsp3) is 0.235. The summed E-state index contributed by atoms with van der Waals surface area (Å²) in [5.74, 6) is 1.11. The number of fused-ring (bicyclic) bond motifs is 1. The summed E-state index contributed by atoms with van der Waals surface area (Å²) < 4.78 is 5.95. The fourth-order valence-corrected chi connectivity index (χ4v) is 3.21. The number of methoxy groups -OCH3 is 1. The minimum atomic E-state index is -0.0530. The molecule has 21 heavy (non-hydrogen) atoms. The third-order valence-electron chi connectivity index (χ3n) is 3.88. The molecule has 0 bridgehead atoms. The van der Waals surface area contributed by atoms with Crippen LogP contribution >= 0.6 is 15.9 Å². The summed E-state index contributed by atoms with van der Waals surface area (Å²) in [6, 6.07) is 13.7. The summed E-state index contributed by atoms with van der Waals surface area (Å²) >= 11 is 3.40. The van der Waals surface area contributed by atoms with Gasteiger partial charge in [-0.1, -0.05) is 24.3 Å². The third-order valence-corrected chi connectivity index (χ3v) is 4.50. The Balaban J connectivity index is 1.62. The second-order valence-corrected chi connectivity index (χ2v) is 6.01. The molecule has 108 valence electrons. The molecule has 1 unspecified atom stereocenters. The summed E-state index contributed by atoms with van der Waals surface area (Å²) in [6.45, 7) is 0.680. The molecule has 0 fully saturated rings. The van der Waals surface area contributed by atoms with E-state index >= 15 is 0 Å². The highest BCUT2D eigenvalue weighted by atomic mass is 79.9. The van der Waals surface area contributed by atoms with Gasteiger partial charge in [0.1, 0.15) is 5.75 Å². The Labute approximate surface area is 132 Å². The second kappa shape index (κ2) is 5.90. The van der Waals surface area contributed by atoms with E-state index in [0.29, 0.717) is 18.0 Å². The van der Waals surface area contributed by atoms with Gasteiger partial charge in [0.15, 0.2) is 0 Å². The maximum atomic E-state index is 12.2. The molecule has 4 heteroatoms. The Hall–Kier alpha value is -1.81. The molecular formula is C17H16BrNO2. The lowest BCUT2D eigenvalue weighted by molar-refractivity contribution is 0.0950. The number of hydrogen-bond donors (Lipinski definition) is 1. The minimum Gasteiger partial charge on any atom is -0.496 e. The van der Waals surface area contributed by atoms with E-state index < -0.39 is 0 Å². The zero-order chi connectivity index (χ0) is 14.8. The van der Waals surface area contributed by atoms with Gasteiger partial charge >= 0.3 is 0 Å². The molecule has 0 spiro atoms. The number of hydrogen-bond acceptors (Lipinski definition) is 2. The van der Waals surface area contributed by atoms with Crippen LogP contribution in [0.4, 0.5) is 0 Å². The van der Waals surface area contributed by atoms with Crippen molar-refractivity contribution in [3.63, 3.8) is 0 Å². The largest absolute Gasteiger partial charge is 0.496 e. The average molecular weight is 346 g/mol. The van der Waals surface area contributed by atoms with E-state index in [4.69, 9.17) is 4.74 Å². The highest BCUT2D eigenvalue weighted by Crippen LogP contribution is 2.34. The maximum absolute atomic E-state index is 12.2. The van der Waals surface area contributed by atoms with Gasteiger partial charge in [-0.3, -0.25) is 4.79 Å². The number of halogens is 1. The van der Waals surface area contributed by atoms with Crippen LogP contribution in [-0.4, -0.2) is 19.6 Å². The zero-order valence-corrected chi connectivity index (χ0v) is 13.3. The monoisotopic (exact) mass is 345 g/mol. The van der Waals surface area contributed by atoms with E-state index in [9.17, 15) is 4.79 Å². The van der Waals surface area contributed by atoms with Crippen molar-refractivity contribution in [2.75, 3.05) is 13.7 Å². The Morgan fingerprint density at radius 2 is 2.14 bits per heavy atom. The molecular weight excluding hydrogens is 330 g/mol. The van der Waals surface area contributed by atoms with Gasteiger partial charge in [0.2, 0.25) is 0 Å². The molecule has 3 rings (SSSR count). The lowest BCUT2D eigenvalue weighted by Gasteiger charge is -2.30. The SMILES string of the molecule is COc1ccc(C(=O)NCC2Cc3ccccc32)cc1Br. The van der Waals surface area contributed by atoms with Crippen molar-refractivity contribution < 1.29 is 9.53 Å². The van der Waals surface area contributed by atoms with Crippen molar-refractivity contribution in [1.29, 1.82) is 0 Å². The Kier molecular flexibility index (Phi) is 3.97. The van der Waals surface area contributed by atoms with Gasteiger partial charge in [0.25, 0.3) is 5.91 Å². The van der Waals surface area contributed by atoms with Crippen molar-refractivity contribution in [3.8, 4) is 5.75 Å². The number of ether oxygens (including phenoxy) is 1. The minimum absolute atomic E-state index is 0.0530. The number of benzene rings is 2. The van der Waals surface area contributed by atoms with E-state index in [0.717, 1.165) is 16.6 Å². The van der Waals surface area contributed by atoms with Gasteiger partial charge in [-0.15, -0.1) is 0 Å². The number of rotatable bonds is 4. The number of carbonyl (C=O) groups is 1. The van der Waals surface area contributed by atoms with Crippen molar-refractivity contribution in [3.05, 3.63) is 63.6 Å². The third kappa shape index (κ3) is 2.81. The van der Waals surface area contributed by atoms with Crippen LogP contribution in [0.5, 0.6) is 5.75 Å². The number of amides is 1. The van der Waals surface area contributed by atoms with Crippen LogP contribution in [0, 0.1) is 0 Å². The molecule has 0 aliphatic heterocycles. The van der Waals surface area contributed by atoms with Crippen LogP contribution in [0.2, 0.25) is 0 Å². The Morgan fingerprint density at radius 3 is 2.86 bits per heavy atom. The first-order valence-corrected chi connectivity index (χ1v) is 7.68. The molecule has 0 radical (unpaired) electrons. The quantitative estimate of drug-likeness (QED) is 0.920. The molecule has 0 heterocycles. The first-order chi connectivity index (χ1) is 10.2. The lowest BCUT2D eigenvalue weighted by Crippen LogP contribution is -2.33. The van der Waals surface area contributed by atoms with Gasteiger partial charge in [0.05, 0.1) is 11.6 Å². The first kappa shape index (κ1) is 14.1. The topological polar surface area (TPSA) is 38.3 Å². The van der Waals surface area contributed by atoms with Crippen molar-refractivity contribution in [2.45, 2.75) is 12.3 Å². The van der Waals surface area contributed by atoms with E-state index in [1.807, 2.05) is 6.07 Å². The standard InChI is InChI=1S/C17H16BrNO2/c1-21-16-7-6-12(9-15(16)18)17(20)19-10-13-8-11-4-2-3-5-14(11)13/h2-7,9,13H,8,10H2,1H3,(H,19,20). The smallest absolute Gasteiger partial charge is 0.251 e. The Bertz CT molecular complexity index is 684. The first-order valence-electron chi connectivity index (χ1n) is 6.88. The predicted molar refractivity (Wildman–Crippen MR) is 85.9 cm³/mol. The normalized spacial score (nSPS) is 15.8. The summed E-state index contributed by atoms with van der Waals surface area (Å²) in [7, 11) is 1.61. The average Bonchev–Trinajstić information content (AvgIpc) is 2.48. The molecule has 0 saturated carbocycles. The van der Waals surface area contributed by atoms with Gasteiger partial charge < -0.3 is 10.1 Å². The number of carbonyl (C=O) groups excluding carboxylic acids is 1. The van der Waals surface area contributed by atoms with Gasteiger partial charge in [0, 0.05) is 18.0 Å². The van der Waals surface area contributed by atoms with E-state index in [-0.39, 0.29) is 5.91 Å². The summed E-state index contributed by atoms with van der Waals surface area (Å²) in [4.78, 5) is 12.2. The number of nitrogens with one attached hydrogen (secondary N) is 1.